The molecular formula is C11H14ClN. The van der Waals surface area contributed by atoms with Crippen molar-refractivity contribution in [2.45, 2.75) is 26.8 Å². The Kier molecular flexibility index (Phi) is 3.49. The van der Waals surface area contributed by atoms with E-state index >= 15 is 0 Å². The molecule has 0 atom stereocenters. The Morgan fingerprint density at radius 2 is 1.77 bits per heavy atom. The molecule has 0 aromatic heterocycles. The second kappa shape index (κ2) is 4.43. The zero-order valence-electron chi connectivity index (χ0n) is 8.21. The summed E-state index contributed by atoms with van der Waals surface area (Å²) in [7, 11) is 0. The standard InChI is InChI=1S/C11H14ClN/c1-8(2)13-9(3)10-4-6-11(12)7-5-10/h4-8H,1-3H3. The van der Waals surface area contributed by atoms with E-state index in [4.69, 9.17) is 11.6 Å². The normalized spacial score (nSPS) is 12.2. The number of halogens is 1. The first kappa shape index (κ1) is 10.3. The molecule has 0 radical (unpaired) electrons. The van der Waals surface area contributed by atoms with E-state index in [-0.39, 0.29) is 0 Å². The minimum Gasteiger partial charge on any atom is -0.287 e. The van der Waals surface area contributed by atoms with E-state index in [9.17, 15) is 0 Å². The van der Waals surface area contributed by atoms with E-state index in [1.165, 1.54) is 0 Å². The molecule has 13 heavy (non-hydrogen) atoms. The lowest BCUT2D eigenvalue weighted by Gasteiger charge is -2.03. The number of hydrogen-bond acceptors (Lipinski definition) is 1. The van der Waals surface area contributed by atoms with Crippen LogP contribution in [0.3, 0.4) is 0 Å². The number of hydrogen-bond donors (Lipinski definition) is 0. The Hall–Kier alpha value is -0.820. The summed E-state index contributed by atoms with van der Waals surface area (Å²) in [4.78, 5) is 4.45. The Bertz CT molecular complexity index is 298. The molecule has 0 heterocycles. The molecular weight excluding hydrogens is 182 g/mol. The second-order valence-corrected chi connectivity index (χ2v) is 3.75. The van der Waals surface area contributed by atoms with Gasteiger partial charge in [-0.2, -0.15) is 0 Å². The van der Waals surface area contributed by atoms with E-state index in [2.05, 4.69) is 18.8 Å². The second-order valence-electron chi connectivity index (χ2n) is 3.32. The van der Waals surface area contributed by atoms with Crippen LogP contribution < -0.4 is 0 Å². The highest BCUT2D eigenvalue weighted by molar-refractivity contribution is 6.30. The van der Waals surface area contributed by atoms with Crippen LogP contribution in [0.25, 0.3) is 0 Å². The Labute approximate surface area is 84.5 Å². The van der Waals surface area contributed by atoms with Crippen LogP contribution in [0.5, 0.6) is 0 Å². The lowest BCUT2D eigenvalue weighted by Crippen LogP contribution is -1.99. The first-order valence-corrected chi connectivity index (χ1v) is 4.77. The third kappa shape index (κ3) is 3.19. The van der Waals surface area contributed by atoms with Crippen molar-refractivity contribution in [2.24, 2.45) is 4.99 Å². The topological polar surface area (TPSA) is 12.4 Å². The lowest BCUT2D eigenvalue weighted by molar-refractivity contribution is 0.835. The molecule has 0 saturated carbocycles. The third-order valence-corrected chi connectivity index (χ3v) is 1.97. The van der Waals surface area contributed by atoms with Gasteiger partial charge >= 0.3 is 0 Å². The van der Waals surface area contributed by atoms with Crippen LogP contribution >= 0.6 is 11.6 Å². The molecule has 0 amide bonds. The van der Waals surface area contributed by atoms with Gasteiger partial charge in [-0.1, -0.05) is 23.7 Å². The van der Waals surface area contributed by atoms with Gasteiger partial charge in [0.2, 0.25) is 0 Å². The minimum atomic E-state index is 0.343. The van der Waals surface area contributed by atoms with Crippen molar-refractivity contribution in [3.8, 4) is 0 Å². The van der Waals surface area contributed by atoms with E-state index < -0.39 is 0 Å². The summed E-state index contributed by atoms with van der Waals surface area (Å²) in [6, 6.07) is 8.09. The fourth-order valence-corrected chi connectivity index (χ4v) is 1.28. The molecule has 0 aliphatic rings. The van der Waals surface area contributed by atoms with Gasteiger partial charge in [-0.15, -0.1) is 0 Å². The zero-order valence-corrected chi connectivity index (χ0v) is 8.97. The van der Waals surface area contributed by atoms with Crippen molar-refractivity contribution >= 4 is 17.3 Å². The predicted molar refractivity (Wildman–Crippen MR) is 58.8 cm³/mol. The van der Waals surface area contributed by atoms with Crippen LogP contribution in [-0.4, -0.2) is 11.8 Å². The van der Waals surface area contributed by atoms with Gasteiger partial charge in [0.15, 0.2) is 0 Å². The summed E-state index contributed by atoms with van der Waals surface area (Å²) in [6.45, 7) is 6.15. The van der Waals surface area contributed by atoms with Gasteiger partial charge in [-0.3, -0.25) is 4.99 Å². The highest BCUT2D eigenvalue weighted by atomic mass is 35.5. The molecule has 1 aromatic carbocycles. The number of aliphatic imine (C=N–C) groups is 1. The van der Waals surface area contributed by atoms with Crippen molar-refractivity contribution in [3.05, 3.63) is 34.9 Å². The van der Waals surface area contributed by atoms with Crippen LogP contribution in [0.4, 0.5) is 0 Å². The molecule has 0 aliphatic carbocycles. The molecule has 70 valence electrons. The molecule has 2 heteroatoms. The van der Waals surface area contributed by atoms with Crippen molar-refractivity contribution in [2.75, 3.05) is 0 Å². The van der Waals surface area contributed by atoms with Crippen molar-refractivity contribution < 1.29 is 0 Å². The van der Waals surface area contributed by atoms with Gasteiger partial charge in [-0.25, -0.2) is 0 Å². The fourth-order valence-electron chi connectivity index (χ4n) is 1.15. The van der Waals surface area contributed by atoms with Crippen molar-refractivity contribution in [1.29, 1.82) is 0 Å². The van der Waals surface area contributed by atoms with Crippen LogP contribution in [-0.2, 0) is 0 Å². The van der Waals surface area contributed by atoms with Crippen LogP contribution in [0.2, 0.25) is 5.02 Å². The Morgan fingerprint density at radius 1 is 1.23 bits per heavy atom. The molecule has 0 aliphatic heterocycles. The van der Waals surface area contributed by atoms with Gasteiger partial charge in [0, 0.05) is 16.8 Å². The summed E-state index contributed by atoms with van der Waals surface area (Å²) >= 11 is 5.78. The summed E-state index contributed by atoms with van der Waals surface area (Å²) in [5.74, 6) is 0. The van der Waals surface area contributed by atoms with Gasteiger partial charge in [-0.05, 0) is 38.5 Å². The summed E-state index contributed by atoms with van der Waals surface area (Å²) in [6.07, 6.45) is 0. The number of benzene rings is 1. The van der Waals surface area contributed by atoms with Gasteiger partial charge in [0.25, 0.3) is 0 Å². The molecule has 1 rings (SSSR count). The third-order valence-electron chi connectivity index (χ3n) is 1.71. The van der Waals surface area contributed by atoms with Gasteiger partial charge < -0.3 is 0 Å². The summed E-state index contributed by atoms with van der Waals surface area (Å²) < 4.78 is 0. The monoisotopic (exact) mass is 195 g/mol. The lowest BCUT2D eigenvalue weighted by atomic mass is 10.1. The summed E-state index contributed by atoms with van der Waals surface area (Å²) in [5.41, 5.74) is 2.20. The van der Waals surface area contributed by atoms with Crippen LogP contribution in [0.1, 0.15) is 26.3 Å². The maximum Gasteiger partial charge on any atom is 0.0446 e. The number of nitrogens with zero attached hydrogens (tertiary/aromatic N) is 1. The Balaban J connectivity index is 2.89. The average Bonchev–Trinajstić information content (AvgIpc) is 2.04. The molecule has 0 spiro atoms. The predicted octanol–water partition coefficient (Wildman–Crippen LogP) is 3.56. The smallest absolute Gasteiger partial charge is 0.0446 e. The van der Waals surface area contributed by atoms with E-state index in [0.717, 1.165) is 16.3 Å². The summed E-state index contributed by atoms with van der Waals surface area (Å²) in [5, 5.41) is 0.765. The van der Waals surface area contributed by atoms with Crippen molar-refractivity contribution in [3.63, 3.8) is 0 Å². The maximum atomic E-state index is 5.78. The fraction of sp³-hybridized carbons (Fsp3) is 0.364. The van der Waals surface area contributed by atoms with E-state index in [1.54, 1.807) is 0 Å². The molecule has 1 aromatic rings. The van der Waals surface area contributed by atoms with Crippen molar-refractivity contribution in [1.82, 2.24) is 0 Å². The quantitative estimate of drug-likeness (QED) is 0.640. The molecule has 0 unspecified atom stereocenters. The molecule has 0 saturated heterocycles. The first-order valence-electron chi connectivity index (χ1n) is 4.40. The molecule has 0 N–H and O–H groups in total. The molecule has 1 nitrogen and oxygen atoms in total. The van der Waals surface area contributed by atoms with E-state index in [0.29, 0.717) is 6.04 Å². The average molecular weight is 196 g/mol. The van der Waals surface area contributed by atoms with E-state index in [1.807, 2.05) is 31.2 Å². The van der Waals surface area contributed by atoms with Gasteiger partial charge in [0.1, 0.15) is 0 Å². The highest BCUT2D eigenvalue weighted by Crippen LogP contribution is 2.10. The largest absolute Gasteiger partial charge is 0.287 e. The zero-order chi connectivity index (χ0) is 9.84. The number of rotatable bonds is 2. The van der Waals surface area contributed by atoms with Gasteiger partial charge in [0.05, 0.1) is 0 Å². The first-order chi connectivity index (χ1) is 6.09. The Morgan fingerprint density at radius 3 is 2.23 bits per heavy atom. The van der Waals surface area contributed by atoms with Crippen LogP contribution in [0.15, 0.2) is 29.3 Å². The maximum absolute atomic E-state index is 5.78. The van der Waals surface area contributed by atoms with Crippen LogP contribution in [0, 0.1) is 0 Å². The molecule has 0 fully saturated rings. The minimum absolute atomic E-state index is 0.343. The SMILES string of the molecule is CC(=NC(C)C)c1ccc(Cl)cc1. The highest BCUT2D eigenvalue weighted by Gasteiger charge is 1.97. The molecule has 0 bridgehead atoms.